The Bertz CT molecular complexity index is 1690. The standard InChI is InChI=1S/C35H37F2N3O5S/c1-3-4-22-38-35(42)33(23-26-8-6-5-7-9-26)39(24-27-10-12-28(36)13-11-27)34(41)25-40(30-16-14-29(37)15-17-30)46(43,44)32-20-18-31(45-2)19-21-32/h5-21,33H,3-4,22-25H2,1-2H3,(H,38,42)/t33-/m0/s1. The fourth-order valence-electron chi connectivity index (χ4n) is 4.86. The molecule has 4 aromatic carbocycles. The molecule has 0 fully saturated rings. The van der Waals surface area contributed by atoms with Gasteiger partial charge in [-0.2, -0.15) is 0 Å². The fraction of sp³-hybridized carbons (Fsp3) is 0.257. The summed E-state index contributed by atoms with van der Waals surface area (Å²) in [5.41, 5.74) is 1.39. The molecule has 0 aromatic heterocycles. The van der Waals surface area contributed by atoms with E-state index in [2.05, 4.69) is 5.32 Å². The number of sulfonamides is 1. The maximum Gasteiger partial charge on any atom is 0.264 e. The number of hydrogen-bond donors (Lipinski definition) is 1. The number of hydrogen-bond acceptors (Lipinski definition) is 5. The van der Waals surface area contributed by atoms with Gasteiger partial charge in [0.1, 0.15) is 30.0 Å². The first-order chi connectivity index (χ1) is 22.1. The second-order valence-corrected chi connectivity index (χ2v) is 12.5. The highest BCUT2D eigenvalue weighted by Gasteiger charge is 2.34. The van der Waals surface area contributed by atoms with Gasteiger partial charge in [0.15, 0.2) is 0 Å². The topological polar surface area (TPSA) is 96.0 Å². The van der Waals surface area contributed by atoms with E-state index >= 15 is 0 Å². The maximum atomic E-state index is 14.4. The number of carbonyl (C=O) groups is 2. The van der Waals surface area contributed by atoms with Gasteiger partial charge in [0, 0.05) is 19.5 Å². The van der Waals surface area contributed by atoms with Crippen LogP contribution in [0.15, 0.2) is 108 Å². The van der Waals surface area contributed by atoms with Crippen LogP contribution in [0, 0.1) is 11.6 Å². The largest absolute Gasteiger partial charge is 0.497 e. The highest BCUT2D eigenvalue weighted by molar-refractivity contribution is 7.92. The van der Waals surface area contributed by atoms with Crippen LogP contribution < -0.4 is 14.4 Å². The molecule has 2 amide bonds. The number of unbranched alkanes of at least 4 members (excludes halogenated alkanes) is 1. The molecule has 11 heteroatoms. The van der Waals surface area contributed by atoms with E-state index in [1.165, 1.54) is 72.7 Å². The number of carbonyl (C=O) groups excluding carboxylic acids is 2. The molecule has 0 heterocycles. The zero-order valence-electron chi connectivity index (χ0n) is 25.7. The predicted octanol–water partition coefficient (Wildman–Crippen LogP) is 5.73. The molecule has 0 aliphatic rings. The average molecular weight is 650 g/mol. The van der Waals surface area contributed by atoms with Crippen LogP contribution in [-0.4, -0.2) is 51.4 Å². The van der Waals surface area contributed by atoms with E-state index in [0.717, 1.165) is 34.8 Å². The summed E-state index contributed by atoms with van der Waals surface area (Å²) in [5.74, 6) is -1.70. The van der Waals surface area contributed by atoms with E-state index in [9.17, 15) is 26.8 Å². The molecule has 1 atom stereocenters. The number of amides is 2. The van der Waals surface area contributed by atoms with Crippen molar-refractivity contribution < 1.29 is 31.5 Å². The minimum absolute atomic E-state index is 0.0549. The van der Waals surface area contributed by atoms with Crippen molar-refractivity contribution in [3.05, 3.63) is 126 Å². The molecular weight excluding hydrogens is 612 g/mol. The summed E-state index contributed by atoms with van der Waals surface area (Å²) < 4.78 is 61.9. The van der Waals surface area contributed by atoms with Gasteiger partial charge in [-0.3, -0.25) is 13.9 Å². The van der Waals surface area contributed by atoms with Gasteiger partial charge in [0.05, 0.1) is 17.7 Å². The Kier molecular flexibility index (Phi) is 11.9. The lowest BCUT2D eigenvalue weighted by atomic mass is 10.0. The highest BCUT2D eigenvalue weighted by atomic mass is 32.2. The predicted molar refractivity (Wildman–Crippen MR) is 173 cm³/mol. The molecule has 8 nitrogen and oxygen atoms in total. The van der Waals surface area contributed by atoms with Crippen molar-refractivity contribution in [2.45, 2.75) is 43.7 Å². The summed E-state index contributed by atoms with van der Waals surface area (Å²) in [4.78, 5) is 29.3. The van der Waals surface area contributed by atoms with Crippen molar-refractivity contribution in [3.63, 3.8) is 0 Å². The molecule has 4 aromatic rings. The number of methoxy groups -OCH3 is 1. The second-order valence-electron chi connectivity index (χ2n) is 10.7. The molecule has 0 saturated carbocycles. The smallest absolute Gasteiger partial charge is 0.264 e. The minimum atomic E-state index is -4.36. The van der Waals surface area contributed by atoms with Gasteiger partial charge < -0.3 is 15.0 Å². The zero-order valence-corrected chi connectivity index (χ0v) is 26.6. The summed E-state index contributed by atoms with van der Waals surface area (Å²) in [7, 11) is -2.91. The number of halogens is 2. The molecule has 0 spiro atoms. The third-order valence-corrected chi connectivity index (χ3v) is 9.20. The van der Waals surface area contributed by atoms with Gasteiger partial charge in [0.25, 0.3) is 10.0 Å². The van der Waals surface area contributed by atoms with Crippen molar-refractivity contribution in [3.8, 4) is 5.75 Å². The number of nitrogens with one attached hydrogen (secondary N) is 1. The Balaban J connectivity index is 1.78. The Labute approximate surface area is 268 Å². The molecule has 1 N–H and O–H groups in total. The number of benzene rings is 4. The molecule has 0 aliphatic heterocycles. The Morgan fingerprint density at radius 2 is 1.43 bits per heavy atom. The SMILES string of the molecule is CCCCNC(=O)[C@H](Cc1ccccc1)N(Cc1ccc(F)cc1)C(=O)CN(c1ccc(F)cc1)S(=O)(=O)c1ccc(OC)cc1. The normalized spacial score (nSPS) is 11.8. The van der Waals surface area contributed by atoms with Crippen molar-refractivity contribution >= 4 is 27.5 Å². The molecule has 0 unspecified atom stereocenters. The van der Waals surface area contributed by atoms with Gasteiger partial charge in [0.2, 0.25) is 11.8 Å². The lowest BCUT2D eigenvalue weighted by Gasteiger charge is -2.34. The van der Waals surface area contributed by atoms with Gasteiger partial charge in [-0.25, -0.2) is 17.2 Å². The summed E-state index contributed by atoms with van der Waals surface area (Å²) in [6.07, 6.45) is 1.72. The summed E-state index contributed by atoms with van der Waals surface area (Å²) in [6, 6.07) is 24.1. The number of nitrogens with zero attached hydrogens (tertiary/aromatic N) is 2. The van der Waals surface area contributed by atoms with Crippen LogP contribution in [-0.2, 0) is 32.6 Å². The lowest BCUT2D eigenvalue weighted by molar-refractivity contribution is -0.140. The van der Waals surface area contributed by atoms with Crippen LogP contribution >= 0.6 is 0 Å². The molecule has 46 heavy (non-hydrogen) atoms. The van der Waals surface area contributed by atoms with Crippen molar-refractivity contribution in [1.29, 1.82) is 0 Å². The number of anilines is 1. The van der Waals surface area contributed by atoms with Crippen LogP contribution in [0.4, 0.5) is 14.5 Å². The van der Waals surface area contributed by atoms with E-state index in [1.807, 2.05) is 37.3 Å². The number of ether oxygens (including phenoxy) is 1. The maximum absolute atomic E-state index is 14.4. The van der Waals surface area contributed by atoms with E-state index < -0.39 is 46.1 Å². The monoisotopic (exact) mass is 649 g/mol. The summed E-state index contributed by atoms with van der Waals surface area (Å²) >= 11 is 0. The van der Waals surface area contributed by atoms with Crippen LogP contribution in [0.2, 0.25) is 0 Å². The van der Waals surface area contributed by atoms with Crippen LogP contribution in [0.1, 0.15) is 30.9 Å². The molecule has 0 saturated heterocycles. The third-order valence-electron chi connectivity index (χ3n) is 7.41. The van der Waals surface area contributed by atoms with Crippen LogP contribution in [0.5, 0.6) is 5.75 Å². The van der Waals surface area contributed by atoms with Crippen molar-refractivity contribution in [1.82, 2.24) is 10.2 Å². The van der Waals surface area contributed by atoms with E-state index in [1.54, 1.807) is 0 Å². The van der Waals surface area contributed by atoms with Crippen LogP contribution in [0.25, 0.3) is 0 Å². The van der Waals surface area contributed by atoms with E-state index in [0.29, 0.717) is 17.9 Å². The van der Waals surface area contributed by atoms with Gasteiger partial charge in [-0.15, -0.1) is 0 Å². The number of rotatable bonds is 15. The van der Waals surface area contributed by atoms with Crippen molar-refractivity contribution in [2.75, 3.05) is 24.5 Å². The fourth-order valence-corrected chi connectivity index (χ4v) is 6.27. The Hall–Kier alpha value is -4.77. The molecule has 4 rings (SSSR count). The lowest BCUT2D eigenvalue weighted by Crippen LogP contribution is -2.53. The van der Waals surface area contributed by atoms with Gasteiger partial charge in [-0.1, -0.05) is 55.8 Å². The molecule has 0 radical (unpaired) electrons. The molecule has 0 bridgehead atoms. The Morgan fingerprint density at radius 1 is 0.826 bits per heavy atom. The highest BCUT2D eigenvalue weighted by Crippen LogP contribution is 2.26. The average Bonchev–Trinajstić information content (AvgIpc) is 3.07. The second kappa shape index (κ2) is 16.0. The van der Waals surface area contributed by atoms with E-state index in [-0.39, 0.29) is 23.5 Å². The van der Waals surface area contributed by atoms with Gasteiger partial charge >= 0.3 is 0 Å². The van der Waals surface area contributed by atoms with Gasteiger partial charge in [-0.05, 0) is 78.2 Å². The quantitative estimate of drug-likeness (QED) is 0.166. The van der Waals surface area contributed by atoms with E-state index in [4.69, 9.17) is 4.74 Å². The molecule has 242 valence electrons. The van der Waals surface area contributed by atoms with Crippen LogP contribution in [0.3, 0.4) is 0 Å². The van der Waals surface area contributed by atoms with Crippen molar-refractivity contribution in [2.24, 2.45) is 0 Å². The first kappa shape index (κ1) is 34.1. The Morgan fingerprint density at radius 3 is 2.02 bits per heavy atom. The molecular formula is C35H37F2N3O5S. The zero-order chi connectivity index (χ0) is 33.1. The third kappa shape index (κ3) is 8.91. The first-order valence-corrected chi connectivity index (χ1v) is 16.3. The first-order valence-electron chi connectivity index (χ1n) is 14.9. The minimum Gasteiger partial charge on any atom is -0.497 e. The summed E-state index contributed by atoms with van der Waals surface area (Å²) in [5, 5.41) is 2.91. The summed E-state index contributed by atoms with van der Waals surface area (Å²) in [6.45, 7) is 1.59. The molecule has 0 aliphatic carbocycles.